The molecular weight excluding hydrogens is 442 g/mol. The van der Waals surface area contributed by atoms with Crippen LogP contribution in [-0.4, -0.2) is 6.29 Å². The molecule has 4 heteroatoms. The largest absolute Gasteiger partial charge is 0.311 e. The fourth-order valence-electron chi connectivity index (χ4n) is 3.66. The highest BCUT2D eigenvalue weighted by Crippen LogP contribution is 2.36. The first kappa shape index (κ1) is 21.1. The van der Waals surface area contributed by atoms with Crippen LogP contribution in [-0.2, 0) is 0 Å². The second-order valence-corrected chi connectivity index (χ2v) is 9.71. The zero-order chi connectivity index (χ0) is 22.5. The number of hydrogen-bond acceptors (Lipinski definition) is 4. The number of hydrogen-bond donors (Lipinski definition) is 0. The second kappa shape index (κ2) is 9.82. The van der Waals surface area contributed by atoms with Crippen LogP contribution in [0, 0.1) is 0 Å². The van der Waals surface area contributed by atoms with Gasteiger partial charge in [-0.15, -0.1) is 22.7 Å². The number of thiophene rings is 2. The van der Waals surface area contributed by atoms with Gasteiger partial charge in [-0.3, -0.25) is 4.79 Å². The molecule has 0 saturated carbocycles. The summed E-state index contributed by atoms with van der Waals surface area (Å²) in [5.41, 5.74) is 4.58. The van der Waals surface area contributed by atoms with E-state index in [9.17, 15) is 4.79 Å². The fourth-order valence-corrected chi connectivity index (χ4v) is 5.30. The first-order chi connectivity index (χ1) is 16.3. The molecule has 0 N–H and O–H groups in total. The summed E-state index contributed by atoms with van der Waals surface area (Å²) in [4.78, 5) is 17.4. The molecule has 0 atom stereocenters. The Balaban J connectivity index is 1.39. The first-order valence-electron chi connectivity index (χ1n) is 10.6. The summed E-state index contributed by atoms with van der Waals surface area (Å²) in [6.45, 7) is 0. The Hall–Kier alpha value is -3.73. The number of benzene rings is 3. The summed E-state index contributed by atoms with van der Waals surface area (Å²) < 4.78 is 0. The van der Waals surface area contributed by atoms with Crippen LogP contribution >= 0.6 is 22.7 Å². The molecule has 0 aliphatic carbocycles. The number of anilines is 3. The Bertz CT molecular complexity index is 1330. The molecule has 0 spiro atoms. The van der Waals surface area contributed by atoms with Crippen molar-refractivity contribution in [2.45, 2.75) is 0 Å². The SMILES string of the molecule is O=Cc1ccc(/C=C/c2ccc(-c3ccc(N(c4ccccc4)c4ccccc4)cc3)s2)s1. The Kier molecular flexibility index (Phi) is 6.29. The number of carbonyl (C=O) groups is 1. The van der Waals surface area contributed by atoms with Gasteiger partial charge in [-0.05, 0) is 78.4 Å². The minimum absolute atomic E-state index is 0.752. The minimum Gasteiger partial charge on any atom is -0.311 e. The van der Waals surface area contributed by atoms with E-state index in [-0.39, 0.29) is 0 Å². The van der Waals surface area contributed by atoms with Crippen molar-refractivity contribution in [1.29, 1.82) is 0 Å². The van der Waals surface area contributed by atoms with E-state index in [0.29, 0.717) is 0 Å². The average molecular weight is 464 g/mol. The third-order valence-corrected chi connectivity index (χ3v) is 7.32. The van der Waals surface area contributed by atoms with Crippen LogP contribution in [0.4, 0.5) is 17.1 Å². The van der Waals surface area contributed by atoms with Crippen LogP contribution in [0.3, 0.4) is 0 Å². The van der Waals surface area contributed by atoms with Crippen LogP contribution in [0.2, 0.25) is 0 Å². The summed E-state index contributed by atoms with van der Waals surface area (Å²) >= 11 is 3.26. The van der Waals surface area contributed by atoms with E-state index in [2.05, 4.69) is 102 Å². The highest BCUT2D eigenvalue weighted by Gasteiger charge is 2.12. The van der Waals surface area contributed by atoms with Crippen LogP contribution in [0.5, 0.6) is 0 Å². The zero-order valence-electron chi connectivity index (χ0n) is 17.8. The Morgan fingerprint density at radius 1 is 0.515 bits per heavy atom. The monoisotopic (exact) mass is 463 g/mol. The minimum atomic E-state index is 0.752. The van der Waals surface area contributed by atoms with Gasteiger partial charge in [0.05, 0.1) is 4.88 Å². The number of para-hydroxylation sites is 2. The molecule has 0 unspecified atom stereocenters. The molecule has 2 aromatic heterocycles. The zero-order valence-corrected chi connectivity index (χ0v) is 19.4. The quantitative estimate of drug-likeness (QED) is 0.225. The van der Waals surface area contributed by atoms with Gasteiger partial charge >= 0.3 is 0 Å². The van der Waals surface area contributed by atoms with Crippen LogP contribution in [0.1, 0.15) is 19.4 Å². The molecule has 0 radical (unpaired) electrons. The van der Waals surface area contributed by atoms with Gasteiger partial charge in [0.1, 0.15) is 0 Å². The third kappa shape index (κ3) is 4.87. The predicted octanol–water partition coefficient (Wildman–Crippen LogP) is 8.93. The van der Waals surface area contributed by atoms with Crippen molar-refractivity contribution in [2.75, 3.05) is 4.90 Å². The van der Waals surface area contributed by atoms with Crippen molar-refractivity contribution < 1.29 is 4.79 Å². The molecule has 3 aromatic carbocycles. The lowest BCUT2D eigenvalue weighted by Gasteiger charge is -2.25. The molecule has 160 valence electrons. The molecule has 5 rings (SSSR count). The molecule has 2 nitrogen and oxygen atoms in total. The lowest BCUT2D eigenvalue weighted by atomic mass is 10.1. The lowest BCUT2D eigenvalue weighted by molar-refractivity contribution is 0.112. The van der Waals surface area contributed by atoms with Crippen molar-refractivity contribution in [3.8, 4) is 10.4 Å². The van der Waals surface area contributed by atoms with Crippen molar-refractivity contribution in [2.24, 2.45) is 0 Å². The Labute approximate surface area is 201 Å². The first-order valence-corrected chi connectivity index (χ1v) is 12.3. The van der Waals surface area contributed by atoms with Gasteiger partial charge in [0.2, 0.25) is 0 Å². The lowest BCUT2D eigenvalue weighted by Crippen LogP contribution is -2.09. The summed E-state index contributed by atoms with van der Waals surface area (Å²) in [5.74, 6) is 0. The van der Waals surface area contributed by atoms with Gasteiger partial charge in [-0.25, -0.2) is 0 Å². The van der Waals surface area contributed by atoms with E-state index in [4.69, 9.17) is 0 Å². The smallest absolute Gasteiger partial charge is 0.160 e. The van der Waals surface area contributed by atoms with E-state index in [1.54, 1.807) is 11.3 Å². The third-order valence-electron chi connectivity index (χ3n) is 5.24. The van der Waals surface area contributed by atoms with Gasteiger partial charge in [-0.1, -0.05) is 48.5 Å². The van der Waals surface area contributed by atoms with E-state index in [1.807, 2.05) is 24.3 Å². The molecular formula is C29H21NOS2. The Morgan fingerprint density at radius 3 is 1.61 bits per heavy atom. The molecule has 5 aromatic rings. The van der Waals surface area contributed by atoms with Gasteiger partial charge < -0.3 is 4.90 Å². The van der Waals surface area contributed by atoms with E-state index < -0.39 is 0 Å². The van der Waals surface area contributed by atoms with Crippen molar-refractivity contribution >= 4 is 58.2 Å². The van der Waals surface area contributed by atoms with E-state index >= 15 is 0 Å². The van der Waals surface area contributed by atoms with Gasteiger partial charge in [0, 0.05) is 31.7 Å². The highest BCUT2D eigenvalue weighted by atomic mass is 32.1. The van der Waals surface area contributed by atoms with E-state index in [1.165, 1.54) is 26.7 Å². The van der Waals surface area contributed by atoms with Gasteiger partial charge in [0.25, 0.3) is 0 Å². The molecule has 0 saturated heterocycles. The highest BCUT2D eigenvalue weighted by molar-refractivity contribution is 7.16. The maximum absolute atomic E-state index is 10.9. The summed E-state index contributed by atoms with van der Waals surface area (Å²) in [6, 6.07) is 37.7. The predicted molar refractivity (Wildman–Crippen MR) is 143 cm³/mol. The normalized spacial score (nSPS) is 11.0. The molecule has 0 aliphatic heterocycles. The summed E-state index contributed by atoms with van der Waals surface area (Å²) in [7, 11) is 0. The molecule has 0 aliphatic rings. The van der Waals surface area contributed by atoms with Crippen LogP contribution in [0.25, 0.3) is 22.6 Å². The number of aldehydes is 1. The molecule has 2 heterocycles. The second-order valence-electron chi connectivity index (χ2n) is 7.45. The number of nitrogens with zero attached hydrogens (tertiary/aromatic N) is 1. The van der Waals surface area contributed by atoms with Crippen molar-refractivity contribution in [1.82, 2.24) is 0 Å². The van der Waals surface area contributed by atoms with E-state index in [0.717, 1.165) is 33.1 Å². The molecule has 0 fully saturated rings. The molecule has 33 heavy (non-hydrogen) atoms. The maximum atomic E-state index is 10.9. The summed E-state index contributed by atoms with van der Waals surface area (Å²) in [6.07, 6.45) is 5.06. The van der Waals surface area contributed by atoms with Gasteiger partial charge in [0.15, 0.2) is 6.29 Å². The fraction of sp³-hybridized carbons (Fsp3) is 0. The number of rotatable bonds is 7. The van der Waals surface area contributed by atoms with Crippen molar-refractivity contribution in [3.63, 3.8) is 0 Å². The Morgan fingerprint density at radius 2 is 1.03 bits per heavy atom. The van der Waals surface area contributed by atoms with Gasteiger partial charge in [-0.2, -0.15) is 0 Å². The van der Waals surface area contributed by atoms with Crippen LogP contribution < -0.4 is 4.90 Å². The summed E-state index contributed by atoms with van der Waals surface area (Å²) in [5, 5.41) is 0. The topological polar surface area (TPSA) is 20.3 Å². The molecule has 0 amide bonds. The number of carbonyl (C=O) groups excluding carboxylic acids is 1. The van der Waals surface area contributed by atoms with Crippen molar-refractivity contribution in [3.05, 3.63) is 124 Å². The average Bonchev–Trinajstić information content (AvgIpc) is 3.54. The molecule has 0 bridgehead atoms. The van der Waals surface area contributed by atoms with Crippen LogP contribution in [0.15, 0.2) is 109 Å². The standard InChI is InChI=1S/C29H21NOS2/c31-21-28-18-17-26(32-28)15-16-27-19-20-29(33-27)22-11-13-25(14-12-22)30(23-7-3-1-4-8-23)24-9-5-2-6-10-24/h1-21H/b16-15+. The maximum Gasteiger partial charge on any atom is 0.160 e.